The molecule has 11 heteroatoms. The monoisotopic (exact) mass is 450 g/mol. The van der Waals surface area contributed by atoms with E-state index in [0.717, 1.165) is 0 Å². The van der Waals surface area contributed by atoms with Crippen LogP contribution in [0.2, 0.25) is 0 Å². The first kappa shape index (κ1) is 21.6. The second kappa shape index (κ2) is 7.95. The molecule has 0 amide bonds. The lowest BCUT2D eigenvalue weighted by molar-refractivity contribution is 0.449. The minimum Gasteiger partial charge on any atom is -0.456 e. The maximum Gasteiger partial charge on any atom is 0.298 e. The lowest BCUT2D eigenvalue weighted by Gasteiger charge is -2.12. The van der Waals surface area contributed by atoms with E-state index in [-0.39, 0.29) is 28.5 Å². The van der Waals surface area contributed by atoms with Crippen LogP contribution in [0.25, 0.3) is 0 Å². The van der Waals surface area contributed by atoms with E-state index in [1.807, 2.05) is 0 Å². The van der Waals surface area contributed by atoms with Crippen molar-refractivity contribution in [3.8, 4) is 11.5 Å². The van der Waals surface area contributed by atoms with Gasteiger partial charge in [0.1, 0.15) is 16.4 Å². The van der Waals surface area contributed by atoms with Gasteiger partial charge in [0.15, 0.2) is 0 Å². The Balaban J connectivity index is 1.92. The van der Waals surface area contributed by atoms with Gasteiger partial charge in [-0.2, -0.15) is 16.8 Å². The maximum absolute atomic E-state index is 11.9. The summed E-state index contributed by atoms with van der Waals surface area (Å²) in [4.78, 5) is -0.693. The molecule has 0 fully saturated rings. The molecule has 0 bridgehead atoms. The molecule has 0 atom stereocenters. The fourth-order valence-corrected chi connectivity index (χ4v) is 3.85. The lowest BCUT2D eigenvalue weighted by Crippen LogP contribution is -2.03. The smallest absolute Gasteiger partial charge is 0.298 e. The van der Waals surface area contributed by atoms with Crippen LogP contribution in [0.1, 0.15) is 11.1 Å². The van der Waals surface area contributed by atoms with E-state index in [0.29, 0.717) is 16.8 Å². The van der Waals surface area contributed by atoms with Gasteiger partial charge in [-0.1, -0.05) is 18.2 Å². The van der Waals surface area contributed by atoms with Gasteiger partial charge in [0.25, 0.3) is 20.2 Å². The lowest BCUT2D eigenvalue weighted by atomic mass is 10.1. The van der Waals surface area contributed by atoms with Crippen LogP contribution in [0.4, 0.5) is 11.4 Å². The summed E-state index contributed by atoms with van der Waals surface area (Å²) >= 11 is 0. The average Bonchev–Trinajstić information content (AvgIpc) is 2.65. The highest BCUT2D eigenvalue weighted by Crippen LogP contribution is 2.32. The molecule has 3 aromatic rings. The summed E-state index contributed by atoms with van der Waals surface area (Å²) in [5.41, 5.74) is 13.1. The molecule has 0 saturated carbocycles. The third-order valence-corrected chi connectivity index (χ3v) is 5.94. The maximum atomic E-state index is 11.9. The highest BCUT2D eigenvalue weighted by atomic mass is 32.2. The van der Waals surface area contributed by atoms with Crippen LogP contribution in [0, 0.1) is 0 Å². The average molecular weight is 450 g/mol. The highest BCUT2D eigenvalue weighted by molar-refractivity contribution is 7.86. The SMILES string of the molecule is Nc1ccc(Oc2ccc(Cc3ccc(S(=O)(=O)O)cc3)cc2S(=O)(=O)O)cc1N. The summed E-state index contributed by atoms with van der Waals surface area (Å²) in [6, 6.07) is 14.1. The van der Waals surface area contributed by atoms with Crippen molar-refractivity contribution in [1.29, 1.82) is 0 Å². The second-order valence-electron chi connectivity index (χ2n) is 6.44. The van der Waals surface area contributed by atoms with E-state index in [4.69, 9.17) is 20.8 Å². The van der Waals surface area contributed by atoms with Gasteiger partial charge in [0.05, 0.1) is 16.3 Å². The zero-order chi connectivity index (χ0) is 22.1. The van der Waals surface area contributed by atoms with Gasteiger partial charge in [0.2, 0.25) is 0 Å². The first-order valence-corrected chi connectivity index (χ1v) is 11.3. The Hall–Kier alpha value is -3.12. The number of anilines is 2. The predicted octanol–water partition coefficient (Wildman–Crippen LogP) is 2.73. The van der Waals surface area contributed by atoms with E-state index in [1.54, 1.807) is 6.07 Å². The van der Waals surface area contributed by atoms with Crippen LogP contribution < -0.4 is 16.2 Å². The largest absolute Gasteiger partial charge is 0.456 e. The Morgan fingerprint density at radius 1 is 0.733 bits per heavy atom. The molecular weight excluding hydrogens is 432 g/mol. The van der Waals surface area contributed by atoms with Crippen molar-refractivity contribution >= 4 is 31.6 Å². The standard InChI is InChI=1S/C19H18N2O7S2/c20-16-7-4-14(11-17(16)21)28-18-8-3-13(10-19(18)30(25,26)27)9-12-1-5-15(6-2-12)29(22,23)24/h1-8,10-11H,9,20-21H2,(H,22,23,24)(H,25,26,27). The molecule has 30 heavy (non-hydrogen) atoms. The van der Waals surface area contributed by atoms with Crippen LogP contribution in [-0.2, 0) is 26.7 Å². The van der Waals surface area contributed by atoms with E-state index in [1.165, 1.54) is 54.6 Å². The molecule has 0 radical (unpaired) electrons. The molecule has 0 saturated heterocycles. The summed E-state index contributed by atoms with van der Waals surface area (Å²) in [5, 5.41) is 0. The van der Waals surface area contributed by atoms with Gasteiger partial charge in [-0.05, 0) is 53.9 Å². The van der Waals surface area contributed by atoms with Gasteiger partial charge in [-0.15, -0.1) is 0 Å². The zero-order valence-electron chi connectivity index (χ0n) is 15.4. The summed E-state index contributed by atoms with van der Waals surface area (Å²) in [6.45, 7) is 0. The fourth-order valence-electron chi connectivity index (χ4n) is 2.71. The number of nitrogens with two attached hydrogens (primary N) is 2. The van der Waals surface area contributed by atoms with E-state index >= 15 is 0 Å². The molecule has 0 aromatic heterocycles. The molecular formula is C19H18N2O7S2. The highest BCUT2D eigenvalue weighted by Gasteiger charge is 2.19. The van der Waals surface area contributed by atoms with Gasteiger partial charge in [-0.3, -0.25) is 9.11 Å². The molecule has 0 aliphatic heterocycles. The molecule has 9 nitrogen and oxygen atoms in total. The minimum atomic E-state index is -4.61. The topological polar surface area (TPSA) is 170 Å². The number of nitrogen functional groups attached to an aromatic ring is 2. The van der Waals surface area contributed by atoms with Crippen LogP contribution >= 0.6 is 0 Å². The first-order chi connectivity index (χ1) is 13.9. The van der Waals surface area contributed by atoms with E-state index < -0.39 is 25.1 Å². The Morgan fingerprint density at radius 3 is 1.93 bits per heavy atom. The Kier molecular flexibility index (Phi) is 5.72. The van der Waals surface area contributed by atoms with Gasteiger partial charge in [0, 0.05) is 6.07 Å². The molecule has 0 unspecified atom stereocenters. The number of rotatable bonds is 6. The van der Waals surface area contributed by atoms with Gasteiger partial charge in [-0.25, -0.2) is 0 Å². The molecule has 0 aliphatic rings. The Labute approximate surface area is 173 Å². The third kappa shape index (κ3) is 5.07. The van der Waals surface area contributed by atoms with Crippen LogP contribution in [0.5, 0.6) is 11.5 Å². The van der Waals surface area contributed by atoms with Crippen molar-refractivity contribution in [2.75, 3.05) is 11.5 Å². The normalized spacial score (nSPS) is 11.9. The van der Waals surface area contributed by atoms with Crippen LogP contribution in [0.15, 0.2) is 70.5 Å². The molecule has 3 rings (SSSR count). The Morgan fingerprint density at radius 2 is 1.37 bits per heavy atom. The summed E-state index contributed by atoms with van der Waals surface area (Å²) < 4.78 is 70.2. The van der Waals surface area contributed by atoms with Crippen molar-refractivity contribution in [1.82, 2.24) is 0 Å². The molecule has 158 valence electrons. The summed E-state index contributed by atoms with van der Waals surface area (Å²) in [7, 11) is -8.91. The molecule has 3 aromatic carbocycles. The Bertz CT molecular complexity index is 1300. The molecule has 0 spiro atoms. The zero-order valence-corrected chi connectivity index (χ0v) is 17.0. The quantitative estimate of drug-likeness (QED) is 0.325. The number of ether oxygens (including phenoxy) is 1. The molecule has 6 N–H and O–H groups in total. The predicted molar refractivity (Wildman–Crippen MR) is 111 cm³/mol. The molecule has 0 heterocycles. The summed E-state index contributed by atoms with van der Waals surface area (Å²) in [5.74, 6) is 0.132. The van der Waals surface area contributed by atoms with Crippen LogP contribution in [-0.4, -0.2) is 25.9 Å². The first-order valence-electron chi connectivity index (χ1n) is 8.43. The third-order valence-electron chi connectivity index (χ3n) is 4.20. The second-order valence-corrected chi connectivity index (χ2v) is 9.26. The number of hydrogen-bond donors (Lipinski definition) is 4. The van der Waals surface area contributed by atoms with Crippen molar-refractivity contribution in [3.05, 3.63) is 71.8 Å². The van der Waals surface area contributed by atoms with Crippen molar-refractivity contribution in [2.45, 2.75) is 16.2 Å². The minimum absolute atomic E-state index is 0.104. The van der Waals surface area contributed by atoms with E-state index in [9.17, 15) is 21.4 Å². The van der Waals surface area contributed by atoms with Crippen molar-refractivity contribution in [3.63, 3.8) is 0 Å². The number of benzene rings is 3. The van der Waals surface area contributed by atoms with Gasteiger partial charge >= 0.3 is 0 Å². The van der Waals surface area contributed by atoms with Gasteiger partial charge < -0.3 is 16.2 Å². The van der Waals surface area contributed by atoms with Crippen LogP contribution in [0.3, 0.4) is 0 Å². The van der Waals surface area contributed by atoms with Crippen molar-refractivity contribution < 1.29 is 30.7 Å². The fraction of sp³-hybridized carbons (Fsp3) is 0.0526. The molecule has 0 aliphatic carbocycles. The number of hydrogen-bond acceptors (Lipinski definition) is 7. The summed E-state index contributed by atoms with van der Waals surface area (Å²) in [6.07, 6.45) is 0.239. The van der Waals surface area contributed by atoms with Crippen molar-refractivity contribution in [2.24, 2.45) is 0 Å². The van der Waals surface area contributed by atoms with E-state index in [2.05, 4.69) is 0 Å².